The molecule has 1 heterocycles. The van der Waals surface area contributed by atoms with Gasteiger partial charge in [0.1, 0.15) is 5.69 Å². The van der Waals surface area contributed by atoms with Crippen molar-refractivity contribution in [3.8, 4) is 5.69 Å². The highest BCUT2D eigenvalue weighted by atomic mass is 16.1. The molecule has 0 spiro atoms. The van der Waals surface area contributed by atoms with Gasteiger partial charge in [0.2, 0.25) is 0 Å². The summed E-state index contributed by atoms with van der Waals surface area (Å²) in [5.41, 5.74) is 7.54. The lowest BCUT2D eigenvalue weighted by atomic mass is 10.1. The van der Waals surface area contributed by atoms with Crippen LogP contribution >= 0.6 is 0 Å². The van der Waals surface area contributed by atoms with E-state index in [0.29, 0.717) is 16.9 Å². The lowest BCUT2D eigenvalue weighted by Crippen LogP contribution is -2.04. The van der Waals surface area contributed by atoms with E-state index in [1.54, 1.807) is 30.6 Å². The Labute approximate surface area is 86.5 Å². The molecule has 0 aliphatic rings. The Balaban J connectivity index is 2.48. The first kappa shape index (κ1) is 9.39. The molecule has 2 aromatic rings. The normalized spacial score (nSPS) is 10.2. The van der Waals surface area contributed by atoms with Crippen molar-refractivity contribution < 1.29 is 4.79 Å². The second-order valence-corrected chi connectivity index (χ2v) is 3.15. The van der Waals surface area contributed by atoms with Crippen molar-refractivity contribution in [3.63, 3.8) is 0 Å². The quantitative estimate of drug-likeness (QED) is 0.583. The molecule has 0 bridgehead atoms. The molecule has 1 aromatic heterocycles. The first-order valence-electron chi connectivity index (χ1n) is 4.45. The molecule has 1 aromatic carbocycles. The maximum atomic E-state index is 11.1. The summed E-state index contributed by atoms with van der Waals surface area (Å²) in [5.74, 6) is -0.0123. The molecule has 0 saturated heterocycles. The van der Waals surface area contributed by atoms with E-state index in [1.165, 1.54) is 11.7 Å². The van der Waals surface area contributed by atoms with Crippen LogP contribution in [0.25, 0.3) is 5.69 Å². The average Bonchev–Trinajstić information content (AvgIpc) is 2.70. The van der Waals surface area contributed by atoms with Crippen molar-refractivity contribution in [3.05, 3.63) is 36.2 Å². The van der Waals surface area contributed by atoms with Crippen LogP contribution in [0.5, 0.6) is 0 Å². The van der Waals surface area contributed by atoms with Crippen molar-refractivity contribution in [2.45, 2.75) is 6.92 Å². The van der Waals surface area contributed by atoms with Gasteiger partial charge in [-0.1, -0.05) is 0 Å². The molecule has 15 heavy (non-hydrogen) atoms. The number of nitrogens with zero attached hydrogens (tertiary/aromatic N) is 3. The first-order valence-corrected chi connectivity index (χ1v) is 4.45. The topological polar surface area (TPSA) is 73.8 Å². The number of benzene rings is 1. The number of hydrogen-bond donors (Lipinski definition) is 1. The summed E-state index contributed by atoms with van der Waals surface area (Å²) in [6.07, 6.45) is 3.14. The van der Waals surface area contributed by atoms with E-state index in [2.05, 4.69) is 10.2 Å². The van der Waals surface area contributed by atoms with Gasteiger partial charge in [-0.2, -0.15) is 10.2 Å². The highest BCUT2D eigenvalue weighted by Crippen LogP contribution is 2.17. The molecule has 0 aliphatic carbocycles. The van der Waals surface area contributed by atoms with Crippen LogP contribution < -0.4 is 5.73 Å². The second kappa shape index (κ2) is 3.53. The predicted octanol–water partition coefficient (Wildman–Crippen LogP) is 1.05. The molecule has 0 aliphatic heterocycles. The number of carbonyl (C=O) groups excluding carboxylic acids is 1. The Morgan fingerprint density at radius 3 is 2.53 bits per heavy atom. The number of aromatic nitrogens is 3. The third-order valence-corrected chi connectivity index (χ3v) is 2.07. The van der Waals surface area contributed by atoms with Gasteiger partial charge in [0.25, 0.3) is 0 Å². The zero-order valence-corrected chi connectivity index (χ0v) is 8.21. The molecule has 0 saturated carbocycles. The molecule has 0 radical (unpaired) electrons. The minimum atomic E-state index is -0.0123. The smallest absolute Gasteiger partial charge is 0.159 e. The van der Waals surface area contributed by atoms with Gasteiger partial charge >= 0.3 is 0 Å². The SMILES string of the molecule is CC(=O)c1ccc(-n2nccn2)c(N)c1. The highest BCUT2D eigenvalue weighted by Gasteiger charge is 2.06. The maximum Gasteiger partial charge on any atom is 0.159 e. The predicted molar refractivity (Wildman–Crippen MR) is 55.8 cm³/mol. The van der Waals surface area contributed by atoms with Crippen molar-refractivity contribution in [1.29, 1.82) is 0 Å². The Morgan fingerprint density at radius 1 is 1.33 bits per heavy atom. The summed E-state index contributed by atoms with van der Waals surface area (Å²) in [7, 11) is 0. The van der Waals surface area contributed by atoms with Crippen molar-refractivity contribution in [2.24, 2.45) is 0 Å². The molecular formula is C10H10N4O. The van der Waals surface area contributed by atoms with E-state index in [4.69, 9.17) is 5.73 Å². The summed E-state index contributed by atoms with van der Waals surface area (Å²) in [6.45, 7) is 1.50. The summed E-state index contributed by atoms with van der Waals surface area (Å²) in [4.78, 5) is 12.5. The number of ketones is 1. The minimum absolute atomic E-state index is 0.0123. The van der Waals surface area contributed by atoms with Crippen LogP contribution in [0, 0.1) is 0 Å². The number of hydrogen-bond acceptors (Lipinski definition) is 4. The van der Waals surface area contributed by atoms with E-state index < -0.39 is 0 Å². The number of nitrogens with two attached hydrogens (primary N) is 1. The molecule has 5 nitrogen and oxygen atoms in total. The van der Waals surface area contributed by atoms with Crippen LogP contribution in [0.15, 0.2) is 30.6 Å². The van der Waals surface area contributed by atoms with Crippen LogP contribution in [0.3, 0.4) is 0 Å². The van der Waals surface area contributed by atoms with E-state index in [0.717, 1.165) is 0 Å². The minimum Gasteiger partial charge on any atom is -0.397 e. The van der Waals surface area contributed by atoms with Gasteiger partial charge in [0.15, 0.2) is 5.78 Å². The summed E-state index contributed by atoms with van der Waals surface area (Å²) < 4.78 is 0. The third kappa shape index (κ3) is 1.71. The largest absolute Gasteiger partial charge is 0.397 e. The fourth-order valence-electron chi connectivity index (χ4n) is 1.30. The van der Waals surface area contributed by atoms with Gasteiger partial charge in [-0.05, 0) is 25.1 Å². The van der Waals surface area contributed by atoms with E-state index in [1.807, 2.05) is 0 Å². The number of carbonyl (C=O) groups is 1. The zero-order valence-electron chi connectivity index (χ0n) is 8.21. The van der Waals surface area contributed by atoms with Crippen molar-refractivity contribution in [2.75, 3.05) is 5.73 Å². The average molecular weight is 202 g/mol. The third-order valence-electron chi connectivity index (χ3n) is 2.07. The highest BCUT2D eigenvalue weighted by molar-refractivity contribution is 5.95. The van der Waals surface area contributed by atoms with Crippen LogP contribution in [0.1, 0.15) is 17.3 Å². The zero-order chi connectivity index (χ0) is 10.8. The standard InChI is InChI=1S/C10H10N4O/c1-7(15)8-2-3-10(9(11)6-8)14-12-4-5-13-14/h2-6H,11H2,1H3. The summed E-state index contributed by atoms with van der Waals surface area (Å²) >= 11 is 0. The Kier molecular flexibility index (Phi) is 2.21. The molecule has 76 valence electrons. The number of nitrogen functional groups attached to an aromatic ring is 1. The Bertz CT molecular complexity index is 490. The van der Waals surface area contributed by atoms with Gasteiger partial charge in [-0.15, -0.1) is 4.80 Å². The monoisotopic (exact) mass is 202 g/mol. The van der Waals surface area contributed by atoms with Gasteiger partial charge in [0.05, 0.1) is 18.1 Å². The van der Waals surface area contributed by atoms with Crippen LogP contribution in [-0.2, 0) is 0 Å². The van der Waals surface area contributed by atoms with Crippen molar-refractivity contribution in [1.82, 2.24) is 15.0 Å². The van der Waals surface area contributed by atoms with E-state index in [-0.39, 0.29) is 5.78 Å². The van der Waals surface area contributed by atoms with Gasteiger partial charge in [-0.25, -0.2) is 0 Å². The Morgan fingerprint density at radius 2 is 2.00 bits per heavy atom. The number of anilines is 1. The number of Topliss-reactive ketones (excluding diaryl/α,β-unsaturated/α-hetero) is 1. The lowest BCUT2D eigenvalue weighted by molar-refractivity contribution is 0.101. The lowest BCUT2D eigenvalue weighted by Gasteiger charge is -2.05. The maximum absolute atomic E-state index is 11.1. The van der Waals surface area contributed by atoms with E-state index >= 15 is 0 Å². The first-order chi connectivity index (χ1) is 7.18. The van der Waals surface area contributed by atoms with Crippen molar-refractivity contribution >= 4 is 11.5 Å². The van der Waals surface area contributed by atoms with Crippen LogP contribution in [-0.4, -0.2) is 20.8 Å². The second-order valence-electron chi connectivity index (χ2n) is 3.15. The fourth-order valence-corrected chi connectivity index (χ4v) is 1.30. The molecule has 2 rings (SSSR count). The number of rotatable bonds is 2. The van der Waals surface area contributed by atoms with Crippen LogP contribution in [0.4, 0.5) is 5.69 Å². The molecule has 0 atom stereocenters. The van der Waals surface area contributed by atoms with Gasteiger partial charge in [-0.3, -0.25) is 4.79 Å². The molecular weight excluding hydrogens is 192 g/mol. The summed E-state index contributed by atoms with van der Waals surface area (Å²) in [6, 6.07) is 5.06. The van der Waals surface area contributed by atoms with Gasteiger partial charge < -0.3 is 5.73 Å². The molecule has 0 fully saturated rings. The van der Waals surface area contributed by atoms with Crippen LogP contribution in [0.2, 0.25) is 0 Å². The molecule has 5 heteroatoms. The van der Waals surface area contributed by atoms with E-state index in [9.17, 15) is 4.79 Å². The Hall–Kier alpha value is -2.17. The molecule has 0 amide bonds. The molecule has 2 N–H and O–H groups in total. The fraction of sp³-hybridized carbons (Fsp3) is 0.100. The van der Waals surface area contributed by atoms with Gasteiger partial charge in [0, 0.05) is 5.56 Å². The molecule has 0 unspecified atom stereocenters. The summed E-state index contributed by atoms with van der Waals surface area (Å²) in [5, 5.41) is 7.92.